The summed E-state index contributed by atoms with van der Waals surface area (Å²) in [7, 11) is 2.12. The molecule has 0 radical (unpaired) electrons. The molecule has 0 aliphatic heterocycles. The van der Waals surface area contributed by atoms with Gasteiger partial charge in [-0.15, -0.1) is 0 Å². The first-order valence-corrected chi connectivity index (χ1v) is 7.11. The molecule has 0 saturated heterocycles. The Hall–Kier alpha value is -1.87. The van der Waals surface area contributed by atoms with Crippen LogP contribution in [0.5, 0.6) is 0 Å². The zero-order chi connectivity index (χ0) is 14.4. The van der Waals surface area contributed by atoms with E-state index in [4.69, 9.17) is 0 Å². The van der Waals surface area contributed by atoms with Gasteiger partial charge in [-0.05, 0) is 48.4 Å². The molecule has 2 aromatic rings. The number of aromatic nitrogens is 1. The topological polar surface area (TPSA) is 28.2 Å². The Morgan fingerprint density at radius 3 is 2.75 bits per heavy atom. The molecule has 1 heterocycles. The average Bonchev–Trinajstić information content (AvgIpc) is 2.47. The number of anilines is 1. The van der Waals surface area contributed by atoms with E-state index in [9.17, 15) is 0 Å². The molecule has 2 rings (SSSR count). The summed E-state index contributed by atoms with van der Waals surface area (Å²) < 4.78 is 0. The van der Waals surface area contributed by atoms with E-state index >= 15 is 0 Å². The lowest BCUT2D eigenvalue weighted by atomic mass is 10.1. The molecule has 1 N–H and O–H groups in total. The van der Waals surface area contributed by atoms with Gasteiger partial charge in [-0.25, -0.2) is 0 Å². The second-order valence-corrected chi connectivity index (χ2v) is 5.11. The summed E-state index contributed by atoms with van der Waals surface area (Å²) in [6.07, 6.45) is 3.73. The van der Waals surface area contributed by atoms with E-state index < -0.39 is 0 Å². The second kappa shape index (κ2) is 7.06. The van der Waals surface area contributed by atoms with Gasteiger partial charge in [0.1, 0.15) is 0 Å². The van der Waals surface area contributed by atoms with E-state index in [-0.39, 0.29) is 0 Å². The molecule has 0 aliphatic rings. The highest BCUT2D eigenvalue weighted by Gasteiger charge is 2.05. The number of hydrogen-bond acceptors (Lipinski definition) is 3. The van der Waals surface area contributed by atoms with Crippen molar-refractivity contribution >= 4 is 5.69 Å². The van der Waals surface area contributed by atoms with Crippen LogP contribution in [-0.4, -0.2) is 18.6 Å². The van der Waals surface area contributed by atoms with Crippen LogP contribution in [0.2, 0.25) is 0 Å². The van der Waals surface area contributed by atoms with Gasteiger partial charge in [0.2, 0.25) is 0 Å². The number of nitrogens with zero attached hydrogens (tertiary/aromatic N) is 2. The van der Waals surface area contributed by atoms with Crippen LogP contribution in [0.25, 0.3) is 0 Å². The summed E-state index contributed by atoms with van der Waals surface area (Å²) in [6, 6.07) is 10.7. The molecular formula is C17H23N3. The van der Waals surface area contributed by atoms with Gasteiger partial charge in [-0.2, -0.15) is 0 Å². The summed E-state index contributed by atoms with van der Waals surface area (Å²) in [4.78, 5) is 6.41. The maximum Gasteiger partial charge on any atom is 0.0441 e. The molecule has 0 amide bonds. The highest BCUT2D eigenvalue weighted by molar-refractivity contribution is 5.50. The fourth-order valence-electron chi connectivity index (χ4n) is 2.23. The third kappa shape index (κ3) is 3.81. The van der Waals surface area contributed by atoms with Crippen molar-refractivity contribution in [3.05, 3.63) is 59.4 Å². The van der Waals surface area contributed by atoms with E-state index in [1.807, 2.05) is 18.5 Å². The average molecular weight is 269 g/mol. The Bertz CT molecular complexity index is 537. The van der Waals surface area contributed by atoms with Gasteiger partial charge in [0.25, 0.3) is 0 Å². The van der Waals surface area contributed by atoms with E-state index in [0.29, 0.717) is 0 Å². The van der Waals surface area contributed by atoms with Gasteiger partial charge in [-0.1, -0.05) is 19.1 Å². The number of hydrogen-bond donors (Lipinski definition) is 1. The third-order valence-corrected chi connectivity index (χ3v) is 3.47. The Morgan fingerprint density at radius 1 is 1.25 bits per heavy atom. The van der Waals surface area contributed by atoms with Crippen LogP contribution in [0.15, 0.2) is 42.7 Å². The summed E-state index contributed by atoms with van der Waals surface area (Å²) in [6.45, 7) is 7.12. The van der Waals surface area contributed by atoms with E-state index in [1.165, 1.54) is 22.4 Å². The smallest absolute Gasteiger partial charge is 0.0441 e. The first kappa shape index (κ1) is 14.5. The third-order valence-electron chi connectivity index (χ3n) is 3.47. The molecule has 0 fully saturated rings. The van der Waals surface area contributed by atoms with Crippen molar-refractivity contribution < 1.29 is 0 Å². The van der Waals surface area contributed by atoms with E-state index in [0.717, 1.165) is 19.6 Å². The first-order valence-electron chi connectivity index (χ1n) is 7.11. The number of benzene rings is 1. The molecule has 0 saturated carbocycles. The minimum absolute atomic E-state index is 0.875. The van der Waals surface area contributed by atoms with Gasteiger partial charge >= 0.3 is 0 Å². The minimum Gasteiger partial charge on any atom is -0.370 e. The van der Waals surface area contributed by atoms with Crippen molar-refractivity contribution in [1.82, 2.24) is 10.3 Å². The standard InChI is InChI=1S/C17H23N3/c1-4-18-12-16-7-8-17(10-14(16)2)20(3)13-15-6-5-9-19-11-15/h5-11,18H,4,12-13H2,1-3H3. The molecule has 3 heteroatoms. The minimum atomic E-state index is 0.875. The molecular weight excluding hydrogens is 246 g/mol. The molecule has 0 unspecified atom stereocenters. The van der Waals surface area contributed by atoms with Crippen molar-refractivity contribution in [2.24, 2.45) is 0 Å². The van der Waals surface area contributed by atoms with Gasteiger partial charge in [0, 0.05) is 38.2 Å². The molecule has 0 bridgehead atoms. The Kier molecular flexibility index (Phi) is 5.13. The van der Waals surface area contributed by atoms with E-state index in [2.05, 4.69) is 60.4 Å². The first-order chi connectivity index (χ1) is 9.70. The number of pyridine rings is 1. The normalized spacial score (nSPS) is 10.6. The summed E-state index contributed by atoms with van der Waals surface area (Å²) in [5.41, 5.74) is 5.17. The lowest BCUT2D eigenvalue weighted by molar-refractivity contribution is 0.723. The number of nitrogens with one attached hydrogen (secondary N) is 1. The van der Waals surface area contributed by atoms with Crippen molar-refractivity contribution in [2.45, 2.75) is 26.9 Å². The van der Waals surface area contributed by atoms with Crippen LogP contribution in [0.3, 0.4) is 0 Å². The second-order valence-electron chi connectivity index (χ2n) is 5.11. The highest BCUT2D eigenvalue weighted by atomic mass is 15.1. The molecule has 0 aliphatic carbocycles. The van der Waals surface area contributed by atoms with Crippen molar-refractivity contribution in [3.63, 3.8) is 0 Å². The van der Waals surface area contributed by atoms with Crippen LogP contribution in [0.1, 0.15) is 23.6 Å². The predicted molar refractivity (Wildman–Crippen MR) is 84.9 cm³/mol. The van der Waals surface area contributed by atoms with Gasteiger partial charge in [0.15, 0.2) is 0 Å². The highest BCUT2D eigenvalue weighted by Crippen LogP contribution is 2.19. The van der Waals surface area contributed by atoms with E-state index in [1.54, 1.807) is 0 Å². The van der Waals surface area contributed by atoms with Crippen LogP contribution in [0.4, 0.5) is 5.69 Å². The van der Waals surface area contributed by atoms with Gasteiger partial charge in [-0.3, -0.25) is 4.98 Å². The zero-order valence-corrected chi connectivity index (χ0v) is 12.6. The van der Waals surface area contributed by atoms with Gasteiger partial charge < -0.3 is 10.2 Å². The Balaban J connectivity index is 2.07. The monoisotopic (exact) mass is 269 g/mol. The largest absolute Gasteiger partial charge is 0.370 e. The van der Waals surface area contributed by atoms with Gasteiger partial charge in [0.05, 0.1) is 0 Å². The SMILES string of the molecule is CCNCc1ccc(N(C)Cc2cccnc2)cc1C. The summed E-state index contributed by atoms with van der Waals surface area (Å²) in [5.74, 6) is 0. The summed E-state index contributed by atoms with van der Waals surface area (Å²) in [5, 5.41) is 3.37. The van der Waals surface area contributed by atoms with Crippen LogP contribution in [0, 0.1) is 6.92 Å². The Morgan fingerprint density at radius 2 is 2.10 bits per heavy atom. The number of aryl methyl sites for hydroxylation is 1. The molecule has 1 aromatic heterocycles. The maximum absolute atomic E-state index is 4.16. The molecule has 20 heavy (non-hydrogen) atoms. The molecule has 106 valence electrons. The Labute approximate surface area is 121 Å². The molecule has 1 aromatic carbocycles. The van der Waals surface area contributed by atoms with Crippen molar-refractivity contribution in [2.75, 3.05) is 18.5 Å². The lowest BCUT2D eigenvalue weighted by Crippen LogP contribution is -2.17. The van der Waals surface area contributed by atoms with Crippen LogP contribution < -0.4 is 10.2 Å². The fraction of sp³-hybridized carbons (Fsp3) is 0.353. The zero-order valence-electron chi connectivity index (χ0n) is 12.6. The molecule has 0 atom stereocenters. The number of rotatable bonds is 6. The molecule has 0 spiro atoms. The van der Waals surface area contributed by atoms with Crippen LogP contribution in [-0.2, 0) is 13.1 Å². The van der Waals surface area contributed by atoms with Crippen LogP contribution >= 0.6 is 0 Å². The quantitative estimate of drug-likeness (QED) is 0.873. The maximum atomic E-state index is 4.16. The fourth-order valence-corrected chi connectivity index (χ4v) is 2.23. The molecule has 3 nitrogen and oxygen atoms in total. The van der Waals surface area contributed by atoms with Crippen molar-refractivity contribution in [3.8, 4) is 0 Å². The predicted octanol–water partition coefficient (Wildman–Crippen LogP) is 3.14. The summed E-state index contributed by atoms with van der Waals surface area (Å²) >= 11 is 0. The van der Waals surface area contributed by atoms with Crippen molar-refractivity contribution in [1.29, 1.82) is 0 Å². The lowest BCUT2D eigenvalue weighted by Gasteiger charge is -2.20.